The maximum Gasteiger partial charge on any atom is 0.225 e. The summed E-state index contributed by atoms with van der Waals surface area (Å²) in [5, 5.41) is 2.93. The summed E-state index contributed by atoms with van der Waals surface area (Å²) < 4.78 is 22.2. The van der Waals surface area contributed by atoms with Crippen molar-refractivity contribution in [3.63, 3.8) is 0 Å². The third kappa shape index (κ3) is 2.73. The number of carbonyl (C=O) groups is 1. The molecule has 0 saturated heterocycles. The van der Waals surface area contributed by atoms with E-state index < -0.39 is 0 Å². The molecule has 2 heterocycles. The predicted octanol–water partition coefficient (Wildman–Crippen LogP) is 2.95. The number of hydrogen-bond acceptors (Lipinski definition) is 5. The van der Waals surface area contributed by atoms with Gasteiger partial charge in [0.05, 0.1) is 14.2 Å². The van der Waals surface area contributed by atoms with Gasteiger partial charge in [0.1, 0.15) is 24.7 Å². The van der Waals surface area contributed by atoms with Crippen molar-refractivity contribution >= 4 is 11.6 Å². The van der Waals surface area contributed by atoms with Crippen LogP contribution in [0.15, 0.2) is 30.3 Å². The molecule has 0 spiro atoms. The molecule has 2 aromatic carbocycles. The molecule has 25 heavy (non-hydrogen) atoms. The molecular weight excluding hydrogens is 322 g/mol. The van der Waals surface area contributed by atoms with Crippen LogP contribution in [0.1, 0.15) is 23.5 Å². The fraction of sp³-hybridized carbons (Fsp3) is 0.316. The van der Waals surface area contributed by atoms with Gasteiger partial charge in [-0.2, -0.15) is 0 Å². The largest absolute Gasteiger partial charge is 0.497 e. The van der Waals surface area contributed by atoms with Gasteiger partial charge in [0, 0.05) is 29.7 Å². The number of benzene rings is 2. The molecule has 1 N–H and O–H groups in total. The second-order valence-electron chi connectivity index (χ2n) is 6.00. The highest BCUT2D eigenvalue weighted by molar-refractivity contribution is 5.96. The zero-order valence-corrected chi connectivity index (χ0v) is 14.1. The standard InChI is InChI=1S/C19H19NO5/c1-22-11-3-4-16(23-2)14(7-11)12-9-19(21)20-15-10-18-17(8-13(12)15)24-5-6-25-18/h3-4,7-8,10,12H,5-6,9H2,1-2H3,(H,20,21)/t12-/m0/s1. The molecule has 0 bridgehead atoms. The first-order chi connectivity index (χ1) is 12.2. The minimum atomic E-state index is -0.148. The van der Waals surface area contributed by atoms with E-state index in [4.69, 9.17) is 18.9 Å². The summed E-state index contributed by atoms with van der Waals surface area (Å²) in [6, 6.07) is 9.41. The van der Waals surface area contributed by atoms with Gasteiger partial charge in [-0.05, 0) is 29.8 Å². The molecule has 2 aromatic rings. The van der Waals surface area contributed by atoms with Crippen molar-refractivity contribution in [2.75, 3.05) is 32.8 Å². The van der Waals surface area contributed by atoms with Crippen LogP contribution in [0.4, 0.5) is 5.69 Å². The van der Waals surface area contributed by atoms with Crippen LogP contribution in [0.5, 0.6) is 23.0 Å². The summed E-state index contributed by atoms with van der Waals surface area (Å²) in [5.41, 5.74) is 2.64. The second kappa shape index (κ2) is 6.20. The minimum Gasteiger partial charge on any atom is -0.497 e. The molecule has 0 saturated carbocycles. The Morgan fingerprint density at radius 2 is 1.76 bits per heavy atom. The molecule has 1 amide bonds. The smallest absolute Gasteiger partial charge is 0.225 e. The molecule has 2 aliphatic rings. The first-order valence-electron chi connectivity index (χ1n) is 8.15. The monoisotopic (exact) mass is 341 g/mol. The Labute approximate surface area is 145 Å². The summed E-state index contributed by atoms with van der Waals surface area (Å²) in [6.07, 6.45) is 0.330. The Kier molecular flexibility index (Phi) is 3.87. The average Bonchev–Trinajstić information content (AvgIpc) is 2.65. The van der Waals surface area contributed by atoms with E-state index in [-0.39, 0.29) is 11.8 Å². The van der Waals surface area contributed by atoms with Crippen LogP contribution in [0.25, 0.3) is 0 Å². The maximum atomic E-state index is 12.3. The van der Waals surface area contributed by atoms with E-state index in [0.29, 0.717) is 31.1 Å². The van der Waals surface area contributed by atoms with E-state index in [1.165, 1.54) is 0 Å². The van der Waals surface area contributed by atoms with Crippen molar-refractivity contribution in [1.82, 2.24) is 0 Å². The van der Waals surface area contributed by atoms with E-state index in [9.17, 15) is 4.79 Å². The predicted molar refractivity (Wildman–Crippen MR) is 92.1 cm³/mol. The molecule has 2 aliphatic heterocycles. The molecule has 0 aromatic heterocycles. The first-order valence-corrected chi connectivity index (χ1v) is 8.15. The number of anilines is 1. The van der Waals surface area contributed by atoms with Crippen LogP contribution in [-0.4, -0.2) is 33.3 Å². The van der Waals surface area contributed by atoms with Crippen molar-refractivity contribution in [1.29, 1.82) is 0 Å². The van der Waals surface area contributed by atoms with Gasteiger partial charge >= 0.3 is 0 Å². The number of fused-ring (bicyclic) bond motifs is 2. The maximum absolute atomic E-state index is 12.3. The highest BCUT2D eigenvalue weighted by Crippen LogP contribution is 2.46. The van der Waals surface area contributed by atoms with Gasteiger partial charge in [-0.1, -0.05) is 0 Å². The van der Waals surface area contributed by atoms with Crippen molar-refractivity contribution in [3.05, 3.63) is 41.5 Å². The van der Waals surface area contributed by atoms with Crippen LogP contribution >= 0.6 is 0 Å². The lowest BCUT2D eigenvalue weighted by Gasteiger charge is -2.29. The van der Waals surface area contributed by atoms with E-state index in [1.807, 2.05) is 30.3 Å². The molecule has 0 unspecified atom stereocenters. The quantitative estimate of drug-likeness (QED) is 0.930. The summed E-state index contributed by atoms with van der Waals surface area (Å²) in [5.74, 6) is 2.61. The number of amides is 1. The third-order valence-corrected chi connectivity index (χ3v) is 4.57. The lowest BCUT2D eigenvalue weighted by Crippen LogP contribution is -2.25. The molecule has 6 heteroatoms. The third-order valence-electron chi connectivity index (χ3n) is 4.57. The Balaban J connectivity index is 1.86. The molecule has 0 aliphatic carbocycles. The fourth-order valence-corrected chi connectivity index (χ4v) is 3.39. The summed E-state index contributed by atoms with van der Waals surface area (Å²) in [7, 11) is 3.24. The number of hydrogen-bond donors (Lipinski definition) is 1. The van der Waals surface area contributed by atoms with Crippen LogP contribution < -0.4 is 24.3 Å². The van der Waals surface area contributed by atoms with Crippen LogP contribution in [0, 0.1) is 0 Å². The second-order valence-corrected chi connectivity index (χ2v) is 6.00. The van der Waals surface area contributed by atoms with Crippen molar-refractivity contribution in [2.24, 2.45) is 0 Å². The van der Waals surface area contributed by atoms with Gasteiger partial charge in [-0.3, -0.25) is 4.79 Å². The highest BCUT2D eigenvalue weighted by Gasteiger charge is 2.31. The molecule has 0 fully saturated rings. The average molecular weight is 341 g/mol. The minimum absolute atomic E-state index is 0.0425. The van der Waals surface area contributed by atoms with Crippen LogP contribution in [0.3, 0.4) is 0 Å². The SMILES string of the molecule is COc1ccc(OC)c([C@H]2CC(=O)Nc3cc4c(cc32)OCCO4)c1. The number of carbonyl (C=O) groups excluding carboxylic acids is 1. The summed E-state index contributed by atoms with van der Waals surface area (Å²) >= 11 is 0. The van der Waals surface area contributed by atoms with Crippen molar-refractivity contribution < 1.29 is 23.7 Å². The summed E-state index contributed by atoms with van der Waals surface area (Å²) in [6.45, 7) is 1.03. The lowest BCUT2D eigenvalue weighted by molar-refractivity contribution is -0.116. The van der Waals surface area contributed by atoms with Gasteiger partial charge in [0.15, 0.2) is 11.5 Å². The van der Waals surface area contributed by atoms with E-state index in [0.717, 1.165) is 28.3 Å². The molecule has 130 valence electrons. The number of nitrogens with one attached hydrogen (secondary N) is 1. The van der Waals surface area contributed by atoms with E-state index in [2.05, 4.69) is 5.32 Å². The lowest BCUT2D eigenvalue weighted by atomic mass is 9.84. The van der Waals surface area contributed by atoms with Gasteiger partial charge in [0.25, 0.3) is 0 Å². The number of rotatable bonds is 3. The molecular formula is C19H19NO5. The van der Waals surface area contributed by atoms with Gasteiger partial charge < -0.3 is 24.3 Å². The van der Waals surface area contributed by atoms with Crippen LogP contribution in [-0.2, 0) is 4.79 Å². The van der Waals surface area contributed by atoms with Gasteiger partial charge in [-0.25, -0.2) is 0 Å². The number of methoxy groups -OCH3 is 2. The topological polar surface area (TPSA) is 66.0 Å². The summed E-state index contributed by atoms with van der Waals surface area (Å²) in [4.78, 5) is 12.3. The Morgan fingerprint density at radius 3 is 2.48 bits per heavy atom. The molecule has 1 atom stereocenters. The first kappa shape index (κ1) is 15.6. The Morgan fingerprint density at radius 1 is 1.00 bits per heavy atom. The van der Waals surface area contributed by atoms with E-state index >= 15 is 0 Å². The molecule has 4 rings (SSSR count). The molecule has 6 nitrogen and oxygen atoms in total. The molecule has 0 radical (unpaired) electrons. The zero-order chi connectivity index (χ0) is 17.4. The zero-order valence-electron chi connectivity index (χ0n) is 14.1. The van der Waals surface area contributed by atoms with Crippen molar-refractivity contribution in [3.8, 4) is 23.0 Å². The van der Waals surface area contributed by atoms with Crippen LogP contribution in [0.2, 0.25) is 0 Å². The Bertz CT molecular complexity index is 833. The number of ether oxygens (including phenoxy) is 4. The van der Waals surface area contributed by atoms with Crippen molar-refractivity contribution in [2.45, 2.75) is 12.3 Å². The normalized spacial score (nSPS) is 18.2. The van der Waals surface area contributed by atoms with Gasteiger partial charge in [-0.15, -0.1) is 0 Å². The fourth-order valence-electron chi connectivity index (χ4n) is 3.39. The Hall–Kier alpha value is -2.89. The van der Waals surface area contributed by atoms with Gasteiger partial charge in [0.2, 0.25) is 5.91 Å². The highest BCUT2D eigenvalue weighted by atomic mass is 16.6. The van der Waals surface area contributed by atoms with E-state index in [1.54, 1.807) is 14.2 Å².